The second-order valence-electron chi connectivity index (χ2n) is 6.35. The van der Waals surface area contributed by atoms with Crippen LogP contribution in [-0.4, -0.2) is 37.5 Å². The van der Waals surface area contributed by atoms with Crippen LogP contribution in [0.2, 0.25) is 0 Å². The SMILES string of the molecule is O=C(COC(=O)CCC(=O)c1ccc2c(c1)OCCCO2)Nc1ccc(F)cc1. The van der Waals surface area contributed by atoms with Crippen molar-refractivity contribution in [3.05, 3.63) is 53.8 Å². The second-order valence-corrected chi connectivity index (χ2v) is 6.35. The summed E-state index contributed by atoms with van der Waals surface area (Å²) >= 11 is 0. The van der Waals surface area contributed by atoms with E-state index in [9.17, 15) is 18.8 Å². The van der Waals surface area contributed by atoms with Gasteiger partial charge in [0.2, 0.25) is 0 Å². The number of carbonyl (C=O) groups excluding carboxylic acids is 3. The maximum atomic E-state index is 12.8. The molecule has 152 valence electrons. The van der Waals surface area contributed by atoms with Gasteiger partial charge in [-0.3, -0.25) is 14.4 Å². The van der Waals surface area contributed by atoms with Crippen LogP contribution < -0.4 is 14.8 Å². The molecule has 1 aliphatic heterocycles. The van der Waals surface area contributed by atoms with Gasteiger partial charge in [0, 0.05) is 24.1 Å². The minimum absolute atomic E-state index is 0.0575. The highest BCUT2D eigenvalue weighted by molar-refractivity contribution is 5.98. The van der Waals surface area contributed by atoms with Crippen molar-refractivity contribution in [2.75, 3.05) is 25.1 Å². The maximum Gasteiger partial charge on any atom is 0.306 e. The molecule has 0 saturated carbocycles. The molecular formula is C21H20FNO6. The number of nitrogens with one attached hydrogen (secondary N) is 1. The Morgan fingerprint density at radius 1 is 0.966 bits per heavy atom. The van der Waals surface area contributed by atoms with E-state index in [2.05, 4.69) is 5.32 Å². The number of benzene rings is 2. The molecule has 2 aromatic carbocycles. The van der Waals surface area contributed by atoms with E-state index in [1.807, 2.05) is 0 Å². The van der Waals surface area contributed by atoms with E-state index in [1.165, 1.54) is 24.3 Å². The Hall–Kier alpha value is -3.42. The number of anilines is 1. The number of carbonyl (C=O) groups is 3. The Morgan fingerprint density at radius 2 is 1.69 bits per heavy atom. The average molecular weight is 401 g/mol. The fourth-order valence-corrected chi connectivity index (χ4v) is 2.65. The Labute approximate surface area is 166 Å². The van der Waals surface area contributed by atoms with Gasteiger partial charge in [-0.25, -0.2) is 4.39 Å². The normalized spacial score (nSPS) is 12.6. The van der Waals surface area contributed by atoms with Crippen LogP contribution >= 0.6 is 0 Å². The summed E-state index contributed by atoms with van der Waals surface area (Å²) in [4.78, 5) is 35.9. The van der Waals surface area contributed by atoms with E-state index >= 15 is 0 Å². The van der Waals surface area contributed by atoms with E-state index in [4.69, 9.17) is 14.2 Å². The Morgan fingerprint density at radius 3 is 2.45 bits per heavy atom. The zero-order chi connectivity index (χ0) is 20.6. The van der Waals surface area contributed by atoms with Crippen LogP contribution in [0, 0.1) is 5.82 Å². The number of ketones is 1. The minimum atomic E-state index is -0.665. The van der Waals surface area contributed by atoms with Gasteiger partial charge in [0.05, 0.1) is 19.6 Å². The topological polar surface area (TPSA) is 90.9 Å². The zero-order valence-electron chi connectivity index (χ0n) is 15.6. The highest BCUT2D eigenvalue weighted by atomic mass is 19.1. The number of ether oxygens (including phenoxy) is 3. The molecule has 29 heavy (non-hydrogen) atoms. The molecular weight excluding hydrogens is 381 g/mol. The maximum absolute atomic E-state index is 12.8. The predicted molar refractivity (Wildman–Crippen MR) is 102 cm³/mol. The van der Waals surface area contributed by atoms with Crippen molar-refractivity contribution < 1.29 is 33.0 Å². The van der Waals surface area contributed by atoms with Crippen LogP contribution in [0.3, 0.4) is 0 Å². The van der Waals surface area contributed by atoms with E-state index in [0.29, 0.717) is 36.0 Å². The molecule has 0 saturated heterocycles. The average Bonchev–Trinajstić information content (AvgIpc) is 2.97. The van der Waals surface area contributed by atoms with Gasteiger partial charge in [0.25, 0.3) is 5.91 Å². The Bertz CT molecular complexity index is 897. The van der Waals surface area contributed by atoms with Crippen molar-refractivity contribution in [3.8, 4) is 11.5 Å². The van der Waals surface area contributed by atoms with Crippen molar-refractivity contribution in [3.63, 3.8) is 0 Å². The lowest BCUT2D eigenvalue weighted by molar-refractivity contribution is -0.147. The third-order valence-electron chi connectivity index (χ3n) is 4.12. The van der Waals surface area contributed by atoms with E-state index < -0.39 is 24.3 Å². The highest BCUT2D eigenvalue weighted by Crippen LogP contribution is 2.30. The minimum Gasteiger partial charge on any atom is -0.490 e. The van der Waals surface area contributed by atoms with Crippen molar-refractivity contribution in [1.29, 1.82) is 0 Å². The number of halogens is 1. The first-order valence-corrected chi connectivity index (χ1v) is 9.15. The van der Waals surface area contributed by atoms with Gasteiger partial charge < -0.3 is 19.5 Å². The molecule has 3 rings (SSSR count). The van der Waals surface area contributed by atoms with Gasteiger partial charge in [-0.1, -0.05) is 0 Å². The number of Topliss-reactive ketones (excluding diaryl/α,β-unsaturated/α-hetero) is 1. The standard InChI is InChI=1S/C21H20FNO6/c22-15-3-5-16(6-4-15)23-20(25)13-29-21(26)9-7-17(24)14-2-8-18-19(12-14)28-11-1-10-27-18/h2-6,8,12H,1,7,9-11,13H2,(H,23,25). The number of rotatable bonds is 7. The number of fused-ring (bicyclic) bond motifs is 1. The van der Waals surface area contributed by atoms with E-state index in [-0.39, 0.29) is 18.6 Å². The van der Waals surface area contributed by atoms with Crippen LogP contribution in [0.25, 0.3) is 0 Å². The van der Waals surface area contributed by atoms with Gasteiger partial charge in [-0.05, 0) is 42.5 Å². The first-order valence-electron chi connectivity index (χ1n) is 9.15. The lowest BCUT2D eigenvalue weighted by Crippen LogP contribution is -2.21. The summed E-state index contributed by atoms with van der Waals surface area (Å²) in [7, 11) is 0. The summed E-state index contributed by atoms with van der Waals surface area (Å²) < 4.78 is 28.8. The first-order chi connectivity index (χ1) is 14.0. The molecule has 1 heterocycles. The van der Waals surface area contributed by atoms with Crippen LogP contribution in [-0.2, 0) is 14.3 Å². The summed E-state index contributed by atoms with van der Waals surface area (Å²) in [5.74, 6) is -0.791. The number of amides is 1. The summed E-state index contributed by atoms with van der Waals surface area (Å²) in [5.41, 5.74) is 0.799. The van der Waals surface area contributed by atoms with Crippen molar-refractivity contribution in [1.82, 2.24) is 0 Å². The number of hydrogen-bond acceptors (Lipinski definition) is 6. The molecule has 0 aliphatic carbocycles. The zero-order valence-corrected chi connectivity index (χ0v) is 15.6. The summed E-state index contributed by atoms with van der Waals surface area (Å²) in [6.45, 7) is 0.576. The first kappa shape index (κ1) is 20.3. The van der Waals surface area contributed by atoms with Crippen LogP contribution in [0.15, 0.2) is 42.5 Å². The van der Waals surface area contributed by atoms with Gasteiger partial charge in [0.1, 0.15) is 5.82 Å². The van der Waals surface area contributed by atoms with Gasteiger partial charge in [0.15, 0.2) is 23.9 Å². The molecule has 1 N–H and O–H groups in total. The third kappa shape index (κ3) is 6.03. The molecule has 0 unspecified atom stereocenters. The molecule has 0 fully saturated rings. The lowest BCUT2D eigenvalue weighted by atomic mass is 10.1. The molecule has 8 heteroatoms. The van der Waals surface area contributed by atoms with Crippen molar-refractivity contribution >= 4 is 23.3 Å². The molecule has 0 radical (unpaired) electrons. The third-order valence-corrected chi connectivity index (χ3v) is 4.12. The van der Waals surface area contributed by atoms with Crippen LogP contribution in [0.4, 0.5) is 10.1 Å². The van der Waals surface area contributed by atoms with Crippen LogP contribution in [0.5, 0.6) is 11.5 Å². The Kier molecular flexibility index (Phi) is 6.78. The van der Waals surface area contributed by atoms with E-state index in [0.717, 1.165) is 6.42 Å². The molecule has 0 atom stereocenters. The smallest absolute Gasteiger partial charge is 0.306 e. The molecule has 1 aliphatic rings. The molecule has 0 bridgehead atoms. The number of hydrogen-bond donors (Lipinski definition) is 1. The molecule has 2 aromatic rings. The monoisotopic (exact) mass is 401 g/mol. The van der Waals surface area contributed by atoms with Crippen molar-refractivity contribution in [2.45, 2.75) is 19.3 Å². The van der Waals surface area contributed by atoms with Gasteiger partial charge in [-0.2, -0.15) is 0 Å². The van der Waals surface area contributed by atoms with Gasteiger partial charge in [-0.15, -0.1) is 0 Å². The summed E-state index contributed by atoms with van der Waals surface area (Å²) in [6.07, 6.45) is 0.549. The molecule has 0 spiro atoms. The Balaban J connectivity index is 1.43. The molecule has 1 amide bonds. The van der Waals surface area contributed by atoms with Crippen LogP contribution in [0.1, 0.15) is 29.6 Å². The largest absolute Gasteiger partial charge is 0.490 e. The van der Waals surface area contributed by atoms with Gasteiger partial charge >= 0.3 is 5.97 Å². The highest BCUT2D eigenvalue weighted by Gasteiger charge is 2.16. The number of esters is 1. The summed E-state index contributed by atoms with van der Waals surface area (Å²) in [5, 5.41) is 2.47. The molecule has 7 nitrogen and oxygen atoms in total. The molecule has 0 aromatic heterocycles. The predicted octanol–water partition coefficient (Wildman–Crippen LogP) is 3.13. The fourth-order valence-electron chi connectivity index (χ4n) is 2.65. The van der Waals surface area contributed by atoms with E-state index in [1.54, 1.807) is 18.2 Å². The summed E-state index contributed by atoms with van der Waals surface area (Å²) in [6, 6.07) is 10.1. The second kappa shape index (κ2) is 9.68. The lowest BCUT2D eigenvalue weighted by Gasteiger charge is -2.09. The quantitative estimate of drug-likeness (QED) is 0.566. The fraction of sp³-hybridized carbons (Fsp3) is 0.286. The van der Waals surface area contributed by atoms with Crippen molar-refractivity contribution in [2.24, 2.45) is 0 Å².